The maximum atomic E-state index is 12.5. The molecule has 1 amide bonds. The third-order valence-corrected chi connectivity index (χ3v) is 4.93. The molecule has 0 spiro atoms. The molecule has 0 unspecified atom stereocenters. The summed E-state index contributed by atoms with van der Waals surface area (Å²) in [4.78, 5) is 12.5. The molecule has 3 atom stereocenters. The molecule has 5 heteroatoms. The highest BCUT2D eigenvalue weighted by Gasteiger charge is 2.39. The summed E-state index contributed by atoms with van der Waals surface area (Å²) < 4.78 is 5.25. The van der Waals surface area contributed by atoms with E-state index >= 15 is 0 Å². The molecule has 122 valence electrons. The number of benzene rings is 2. The van der Waals surface area contributed by atoms with Crippen molar-refractivity contribution in [1.29, 1.82) is 0 Å². The Kier molecular flexibility index (Phi) is 4.46. The van der Waals surface area contributed by atoms with Crippen molar-refractivity contribution in [3.8, 4) is 5.75 Å². The summed E-state index contributed by atoms with van der Waals surface area (Å²) >= 11 is 0. The highest BCUT2D eigenvalue weighted by molar-refractivity contribution is 5.99. The van der Waals surface area contributed by atoms with E-state index in [1.54, 1.807) is 7.11 Å². The number of hydrogen-bond donors (Lipinski definition) is 2. The van der Waals surface area contributed by atoms with E-state index in [4.69, 9.17) is 4.74 Å². The van der Waals surface area contributed by atoms with Gasteiger partial charge in [-0.25, -0.2) is 0 Å². The highest BCUT2D eigenvalue weighted by Crippen LogP contribution is 2.28. The second-order valence-electron chi connectivity index (χ2n) is 6.29. The topological polar surface area (TPSA) is 50.4 Å². The first kappa shape index (κ1) is 16.1. The highest BCUT2D eigenvalue weighted by atomic mass is 35.5. The number of amides is 1. The minimum Gasteiger partial charge on any atom is -0.497 e. The van der Waals surface area contributed by atoms with Crippen LogP contribution < -0.4 is 15.4 Å². The Morgan fingerprint density at radius 3 is 2.70 bits per heavy atom. The first-order chi connectivity index (χ1) is 10.7. The average Bonchev–Trinajstić information content (AvgIpc) is 3.16. The molecule has 2 heterocycles. The maximum absolute atomic E-state index is 12.5. The summed E-state index contributed by atoms with van der Waals surface area (Å²) in [6, 6.07) is 13.0. The predicted molar refractivity (Wildman–Crippen MR) is 93.6 cm³/mol. The fourth-order valence-corrected chi connectivity index (χ4v) is 3.73. The van der Waals surface area contributed by atoms with Gasteiger partial charge in [0, 0.05) is 23.7 Å². The van der Waals surface area contributed by atoms with Gasteiger partial charge in [-0.2, -0.15) is 0 Å². The lowest BCUT2D eigenvalue weighted by molar-refractivity contribution is 0.0931. The van der Waals surface area contributed by atoms with Gasteiger partial charge >= 0.3 is 0 Å². The lowest BCUT2D eigenvalue weighted by Gasteiger charge is -2.21. The number of nitrogens with one attached hydrogen (secondary N) is 2. The average molecular weight is 333 g/mol. The van der Waals surface area contributed by atoms with Gasteiger partial charge in [-0.15, -0.1) is 12.4 Å². The molecule has 0 aromatic heterocycles. The Balaban J connectivity index is 0.00000156. The van der Waals surface area contributed by atoms with Crippen molar-refractivity contribution in [2.75, 3.05) is 7.11 Å². The number of fused-ring (bicyclic) bond motifs is 3. The molecule has 2 aliphatic heterocycles. The van der Waals surface area contributed by atoms with Gasteiger partial charge in [-0.1, -0.05) is 12.1 Å². The largest absolute Gasteiger partial charge is 0.497 e. The Morgan fingerprint density at radius 1 is 1.17 bits per heavy atom. The monoisotopic (exact) mass is 332 g/mol. The number of rotatable bonds is 3. The smallest absolute Gasteiger partial charge is 0.251 e. The van der Waals surface area contributed by atoms with Crippen LogP contribution in [0.25, 0.3) is 10.8 Å². The van der Waals surface area contributed by atoms with Crippen LogP contribution in [-0.4, -0.2) is 31.1 Å². The first-order valence-corrected chi connectivity index (χ1v) is 7.87. The Morgan fingerprint density at radius 2 is 2.00 bits per heavy atom. The summed E-state index contributed by atoms with van der Waals surface area (Å²) in [6.45, 7) is 0. The molecular weight excluding hydrogens is 312 g/mol. The van der Waals surface area contributed by atoms with Gasteiger partial charge in [0.1, 0.15) is 5.75 Å². The molecule has 2 aromatic carbocycles. The molecule has 2 aliphatic rings. The molecule has 2 N–H and O–H groups in total. The molecule has 0 aliphatic carbocycles. The Bertz CT molecular complexity index is 734. The second-order valence-corrected chi connectivity index (χ2v) is 6.29. The van der Waals surface area contributed by atoms with Gasteiger partial charge < -0.3 is 15.4 Å². The van der Waals surface area contributed by atoms with Crippen molar-refractivity contribution >= 4 is 29.1 Å². The Hall–Kier alpha value is -1.78. The van der Waals surface area contributed by atoms with Gasteiger partial charge in [0.05, 0.1) is 7.11 Å². The number of hydrogen-bond acceptors (Lipinski definition) is 3. The number of carbonyl (C=O) groups is 1. The molecule has 2 fully saturated rings. The minimum absolute atomic E-state index is 0. The van der Waals surface area contributed by atoms with Crippen molar-refractivity contribution in [3.63, 3.8) is 0 Å². The molecule has 2 saturated heterocycles. The lowest BCUT2D eigenvalue weighted by Crippen LogP contribution is -2.42. The molecule has 0 saturated carbocycles. The standard InChI is InChI=1S/C18H20N2O2.ClH/c1-22-15-6-4-11-2-3-12(8-13(11)9-15)18(21)20-17-10-14-5-7-16(17)19-14;/h2-4,6,8-9,14,16-17,19H,5,7,10H2,1H3,(H,20,21);1H/t14-,16+,17-;/m1./s1. The molecule has 23 heavy (non-hydrogen) atoms. The lowest BCUT2D eigenvalue weighted by atomic mass is 9.95. The number of methoxy groups -OCH3 is 1. The zero-order chi connectivity index (χ0) is 15.1. The summed E-state index contributed by atoms with van der Waals surface area (Å²) in [6.07, 6.45) is 3.47. The summed E-state index contributed by atoms with van der Waals surface area (Å²) in [5.74, 6) is 0.825. The van der Waals surface area contributed by atoms with Crippen molar-refractivity contribution in [2.24, 2.45) is 0 Å². The third kappa shape index (κ3) is 3.01. The van der Waals surface area contributed by atoms with Crippen LogP contribution >= 0.6 is 12.4 Å². The van der Waals surface area contributed by atoms with E-state index in [1.807, 2.05) is 36.4 Å². The van der Waals surface area contributed by atoms with E-state index < -0.39 is 0 Å². The van der Waals surface area contributed by atoms with Gasteiger partial charge in [0.2, 0.25) is 0 Å². The van der Waals surface area contributed by atoms with Crippen molar-refractivity contribution in [2.45, 2.75) is 37.4 Å². The van der Waals surface area contributed by atoms with E-state index in [1.165, 1.54) is 12.8 Å². The van der Waals surface area contributed by atoms with Gasteiger partial charge in [-0.3, -0.25) is 4.79 Å². The van der Waals surface area contributed by atoms with Crippen LogP contribution in [0.5, 0.6) is 5.75 Å². The zero-order valence-electron chi connectivity index (χ0n) is 13.0. The van der Waals surface area contributed by atoms with E-state index in [0.717, 1.165) is 22.9 Å². The van der Waals surface area contributed by atoms with Crippen LogP contribution in [0.2, 0.25) is 0 Å². The van der Waals surface area contributed by atoms with E-state index in [-0.39, 0.29) is 24.4 Å². The van der Waals surface area contributed by atoms with Gasteiger partial charge in [-0.05, 0) is 54.3 Å². The molecule has 0 radical (unpaired) electrons. The summed E-state index contributed by atoms with van der Waals surface area (Å²) in [7, 11) is 1.65. The number of halogens is 1. The predicted octanol–water partition coefficient (Wildman–Crippen LogP) is 2.89. The van der Waals surface area contributed by atoms with Crippen LogP contribution in [0.4, 0.5) is 0 Å². The van der Waals surface area contributed by atoms with Crippen LogP contribution in [0.1, 0.15) is 29.6 Å². The number of carbonyl (C=O) groups excluding carboxylic acids is 1. The fraction of sp³-hybridized carbons (Fsp3) is 0.389. The summed E-state index contributed by atoms with van der Waals surface area (Å²) in [5.41, 5.74) is 0.712. The fourth-order valence-electron chi connectivity index (χ4n) is 3.73. The quantitative estimate of drug-likeness (QED) is 0.908. The summed E-state index contributed by atoms with van der Waals surface area (Å²) in [5, 5.41) is 8.87. The normalized spacial score (nSPS) is 25.2. The van der Waals surface area contributed by atoms with Crippen LogP contribution in [0, 0.1) is 0 Å². The minimum atomic E-state index is 0. The molecular formula is C18H21ClN2O2. The second kappa shape index (κ2) is 6.38. The van der Waals surface area contributed by atoms with Crippen LogP contribution in [0.15, 0.2) is 36.4 Å². The van der Waals surface area contributed by atoms with E-state index in [0.29, 0.717) is 17.6 Å². The molecule has 2 bridgehead atoms. The molecule has 2 aromatic rings. The third-order valence-electron chi connectivity index (χ3n) is 4.93. The first-order valence-electron chi connectivity index (χ1n) is 7.87. The number of ether oxygens (including phenoxy) is 1. The van der Waals surface area contributed by atoms with Crippen molar-refractivity contribution in [1.82, 2.24) is 10.6 Å². The Labute approximate surface area is 142 Å². The SMILES string of the molecule is COc1ccc2ccc(C(=O)N[C@@H]3C[C@H]4CC[C@@H]3N4)cc2c1.Cl. The molecule has 4 rings (SSSR count). The van der Waals surface area contributed by atoms with E-state index in [9.17, 15) is 4.79 Å². The maximum Gasteiger partial charge on any atom is 0.251 e. The van der Waals surface area contributed by atoms with Gasteiger partial charge in [0.15, 0.2) is 0 Å². The van der Waals surface area contributed by atoms with Gasteiger partial charge in [0.25, 0.3) is 5.91 Å². The molecule has 4 nitrogen and oxygen atoms in total. The van der Waals surface area contributed by atoms with Crippen LogP contribution in [0.3, 0.4) is 0 Å². The van der Waals surface area contributed by atoms with Crippen molar-refractivity contribution in [3.05, 3.63) is 42.0 Å². The van der Waals surface area contributed by atoms with Crippen molar-refractivity contribution < 1.29 is 9.53 Å². The van der Waals surface area contributed by atoms with E-state index in [2.05, 4.69) is 10.6 Å². The van der Waals surface area contributed by atoms with Crippen LogP contribution in [-0.2, 0) is 0 Å². The zero-order valence-corrected chi connectivity index (χ0v) is 13.9.